The van der Waals surface area contributed by atoms with E-state index in [0.717, 1.165) is 12.8 Å². The van der Waals surface area contributed by atoms with E-state index in [1.54, 1.807) is 0 Å². The van der Waals surface area contributed by atoms with Gasteiger partial charge in [0.25, 0.3) is 0 Å². The van der Waals surface area contributed by atoms with Crippen LogP contribution in [0.15, 0.2) is 0 Å². The summed E-state index contributed by atoms with van der Waals surface area (Å²) >= 11 is 0. The molecule has 108 valence electrons. The Balaban J connectivity index is 1.92. The first kappa shape index (κ1) is 14.3. The summed E-state index contributed by atoms with van der Waals surface area (Å²) < 4.78 is 24.1. The van der Waals surface area contributed by atoms with Crippen LogP contribution in [0.3, 0.4) is 0 Å². The number of carbonyl (C=O) groups is 2. The van der Waals surface area contributed by atoms with Crippen molar-refractivity contribution in [2.24, 2.45) is 5.92 Å². The zero-order chi connectivity index (χ0) is 14.0. The van der Waals surface area contributed by atoms with E-state index < -0.39 is 33.4 Å². The van der Waals surface area contributed by atoms with Gasteiger partial charge in [-0.15, -0.1) is 0 Å². The average Bonchev–Trinajstić information content (AvgIpc) is 3.00. The highest BCUT2D eigenvalue weighted by molar-refractivity contribution is 7.92. The Kier molecular flexibility index (Phi) is 4.13. The first-order valence-electron chi connectivity index (χ1n) is 6.62. The van der Waals surface area contributed by atoms with E-state index in [1.165, 1.54) is 4.90 Å². The molecule has 2 fully saturated rings. The Morgan fingerprint density at radius 2 is 1.79 bits per heavy atom. The molecule has 0 aromatic heterocycles. The van der Waals surface area contributed by atoms with E-state index in [9.17, 15) is 18.0 Å². The molecule has 19 heavy (non-hydrogen) atoms. The molecule has 2 rings (SSSR count). The van der Waals surface area contributed by atoms with E-state index in [0.29, 0.717) is 25.8 Å². The van der Waals surface area contributed by atoms with Crippen molar-refractivity contribution >= 4 is 21.7 Å². The lowest BCUT2D eigenvalue weighted by atomic mass is 10.1. The van der Waals surface area contributed by atoms with E-state index in [4.69, 9.17) is 5.11 Å². The van der Waals surface area contributed by atoms with Crippen molar-refractivity contribution in [3.63, 3.8) is 0 Å². The first-order valence-corrected chi connectivity index (χ1v) is 8.34. The van der Waals surface area contributed by atoms with Gasteiger partial charge >= 0.3 is 5.97 Å². The molecule has 0 aromatic rings. The van der Waals surface area contributed by atoms with E-state index in [-0.39, 0.29) is 11.8 Å². The van der Waals surface area contributed by atoms with Gasteiger partial charge in [0.2, 0.25) is 5.91 Å². The lowest BCUT2D eigenvalue weighted by Gasteiger charge is -2.17. The van der Waals surface area contributed by atoms with Gasteiger partial charge in [0.05, 0.1) is 11.2 Å². The van der Waals surface area contributed by atoms with Crippen LogP contribution in [0, 0.1) is 5.92 Å². The molecule has 7 heteroatoms. The second kappa shape index (κ2) is 5.48. The summed E-state index contributed by atoms with van der Waals surface area (Å²) in [5, 5.41) is 8.48. The third kappa shape index (κ3) is 3.26. The van der Waals surface area contributed by atoms with Crippen LogP contribution < -0.4 is 0 Å². The molecule has 6 nitrogen and oxygen atoms in total. The van der Waals surface area contributed by atoms with E-state index in [2.05, 4.69) is 0 Å². The molecular weight excluding hydrogens is 270 g/mol. The van der Waals surface area contributed by atoms with Crippen molar-refractivity contribution in [1.29, 1.82) is 0 Å². The first-order chi connectivity index (χ1) is 8.90. The average molecular weight is 289 g/mol. The normalized spacial score (nSPS) is 24.8. The van der Waals surface area contributed by atoms with Crippen LogP contribution in [0.25, 0.3) is 0 Å². The number of hydrogen-bond acceptors (Lipinski definition) is 4. The predicted molar refractivity (Wildman–Crippen MR) is 68.4 cm³/mol. The van der Waals surface area contributed by atoms with Gasteiger partial charge in [-0.25, -0.2) is 8.42 Å². The summed E-state index contributed by atoms with van der Waals surface area (Å²) in [6, 6.07) is 0. The predicted octanol–water partition coefficient (Wildman–Crippen LogP) is 0.277. The Labute approximate surface area is 112 Å². The van der Waals surface area contributed by atoms with Crippen molar-refractivity contribution < 1.29 is 23.1 Å². The van der Waals surface area contributed by atoms with Crippen molar-refractivity contribution in [1.82, 2.24) is 4.90 Å². The van der Waals surface area contributed by atoms with Gasteiger partial charge in [-0.1, -0.05) is 12.8 Å². The number of amides is 1. The minimum Gasteiger partial charge on any atom is -0.481 e. The number of likely N-dealkylation sites (tertiary alicyclic amines) is 1. The number of nitrogens with zero attached hydrogens (tertiary/aromatic N) is 1. The topological polar surface area (TPSA) is 91.8 Å². The number of aliphatic carboxylic acids is 1. The Morgan fingerprint density at radius 1 is 1.16 bits per heavy atom. The number of hydrogen-bond donors (Lipinski definition) is 1. The van der Waals surface area contributed by atoms with Gasteiger partial charge in [-0.3, -0.25) is 9.59 Å². The summed E-state index contributed by atoms with van der Waals surface area (Å²) in [5.41, 5.74) is 0. The molecule has 0 radical (unpaired) electrons. The zero-order valence-corrected chi connectivity index (χ0v) is 11.6. The molecule has 1 unspecified atom stereocenters. The van der Waals surface area contributed by atoms with Gasteiger partial charge < -0.3 is 10.0 Å². The van der Waals surface area contributed by atoms with Crippen molar-refractivity contribution in [2.75, 3.05) is 18.8 Å². The molecule has 1 saturated carbocycles. The third-order valence-electron chi connectivity index (χ3n) is 4.02. The maximum Gasteiger partial charge on any atom is 0.308 e. The fraction of sp³-hybridized carbons (Fsp3) is 0.833. The number of carbonyl (C=O) groups excluding carboxylic acids is 1. The van der Waals surface area contributed by atoms with Crippen LogP contribution in [0.4, 0.5) is 0 Å². The van der Waals surface area contributed by atoms with Gasteiger partial charge in [-0.2, -0.15) is 0 Å². The van der Waals surface area contributed by atoms with Crippen molar-refractivity contribution in [3.8, 4) is 0 Å². The fourth-order valence-electron chi connectivity index (χ4n) is 2.82. The number of carboxylic acid groups (broad SMARTS) is 1. The van der Waals surface area contributed by atoms with Crippen LogP contribution in [-0.2, 0) is 19.4 Å². The molecule has 1 N–H and O–H groups in total. The second-order valence-electron chi connectivity index (χ2n) is 5.38. The lowest BCUT2D eigenvalue weighted by molar-refractivity contribution is -0.141. The zero-order valence-electron chi connectivity index (χ0n) is 10.7. The van der Waals surface area contributed by atoms with Crippen LogP contribution in [0.1, 0.15) is 32.1 Å². The van der Waals surface area contributed by atoms with Gasteiger partial charge in [0.1, 0.15) is 5.75 Å². The smallest absolute Gasteiger partial charge is 0.308 e. The van der Waals surface area contributed by atoms with Crippen LogP contribution in [0.2, 0.25) is 0 Å². The standard InChI is InChI=1S/C12H19NO5S/c14-11(13-6-5-9(7-13)12(15)16)8-19(17,18)10-3-1-2-4-10/h9-10H,1-8H2,(H,15,16). The molecule has 1 aliphatic carbocycles. The Morgan fingerprint density at radius 3 is 2.32 bits per heavy atom. The van der Waals surface area contributed by atoms with Gasteiger partial charge in [-0.05, 0) is 19.3 Å². The molecular formula is C12H19NO5S. The molecule has 2 aliphatic rings. The largest absolute Gasteiger partial charge is 0.481 e. The Bertz CT molecular complexity index is 467. The molecule has 0 aromatic carbocycles. The summed E-state index contributed by atoms with van der Waals surface area (Å²) in [6.07, 6.45) is 3.51. The molecule has 1 heterocycles. The summed E-state index contributed by atoms with van der Waals surface area (Å²) in [5.74, 6) is -2.40. The van der Waals surface area contributed by atoms with Crippen molar-refractivity contribution in [3.05, 3.63) is 0 Å². The Hall–Kier alpha value is -1.11. The highest BCUT2D eigenvalue weighted by Crippen LogP contribution is 2.26. The van der Waals surface area contributed by atoms with Crippen LogP contribution >= 0.6 is 0 Å². The van der Waals surface area contributed by atoms with Crippen LogP contribution in [0.5, 0.6) is 0 Å². The monoisotopic (exact) mass is 289 g/mol. The molecule has 1 amide bonds. The van der Waals surface area contributed by atoms with Crippen LogP contribution in [-0.4, -0.2) is 54.4 Å². The summed E-state index contributed by atoms with van der Waals surface area (Å²) in [6.45, 7) is 0.477. The molecule has 0 bridgehead atoms. The van der Waals surface area contributed by atoms with Gasteiger partial charge in [0.15, 0.2) is 9.84 Å². The fourth-order valence-corrected chi connectivity index (χ4v) is 4.63. The molecule has 0 spiro atoms. The quantitative estimate of drug-likeness (QED) is 0.802. The maximum absolute atomic E-state index is 12.1. The maximum atomic E-state index is 12.1. The minimum atomic E-state index is -3.37. The third-order valence-corrected chi connectivity index (χ3v) is 6.16. The SMILES string of the molecule is O=C(O)C1CCN(C(=O)CS(=O)(=O)C2CCCC2)C1. The minimum absolute atomic E-state index is 0.133. The number of rotatable bonds is 4. The van der Waals surface area contributed by atoms with E-state index in [1.807, 2.05) is 0 Å². The highest BCUT2D eigenvalue weighted by Gasteiger charge is 2.35. The highest BCUT2D eigenvalue weighted by atomic mass is 32.2. The van der Waals surface area contributed by atoms with Crippen molar-refractivity contribution in [2.45, 2.75) is 37.4 Å². The molecule has 1 atom stereocenters. The summed E-state index contributed by atoms with van der Waals surface area (Å²) in [7, 11) is -3.37. The lowest BCUT2D eigenvalue weighted by Crippen LogP contribution is -2.37. The summed E-state index contributed by atoms with van der Waals surface area (Å²) in [4.78, 5) is 24.1. The molecule has 1 saturated heterocycles. The van der Waals surface area contributed by atoms with E-state index >= 15 is 0 Å². The van der Waals surface area contributed by atoms with Gasteiger partial charge in [0, 0.05) is 13.1 Å². The molecule has 1 aliphatic heterocycles. The number of carboxylic acids is 1. The number of sulfone groups is 1. The second-order valence-corrected chi connectivity index (χ2v) is 7.66.